The molecule has 3 aromatic rings. The van der Waals surface area contributed by atoms with E-state index < -0.39 is 0 Å². The maximum absolute atomic E-state index is 13.2. The van der Waals surface area contributed by atoms with Gasteiger partial charge in [-0.05, 0) is 48.7 Å². The zero-order chi connectivity index (χ0) is 24.6. The predicted octanol–water partition coefficient (Wildman–Crippen LogP) is 5.15. The molecule has 1 heterocycles. The largest absolute Gasteiger partial charge is 0.375 e. The number of nitrogens with zero attached hydrogens (tertiary/aromatic N) is 2. The fraction of sp³-hybridized carbons (Fsp3) is 0.310. The molecule has 0 bridgehead atoms. The molecule has 0 aliphatic carbocycles. The van der Waals surface area contributed by atoms with Gasteiger partial charge in [0.05, 0.1) is 19.3 Å². The van der Waals surface area contributed by atoms with E-state index >= 15 is 0 Å². The maximum atomic E-state index is 13.2. The van der Waals surface area contributed by atoms with Crippen molar-refractivity contribution < 1.29 is 14.3 Å². The number of aryl methyl sites for hydroxylation is 1. The molecule has 4 rings (SSSR count). The molecular weight excluding hydrogens is 460 g/mol. The summed E-state index contributed by atoms with van der Waals surface area (Å²) in [7, 11) is 0. The standard InChI is InChI=1S/C29H31ClN2O3/c1-22-6-5-9-25(18-22)29(34)31-15-14-28(33)32(17-16-31)27(19-23-7-3-2-4-8-23)21-35-20-24-10-12-26(30)13-11-24/h2-13,18,27H,14-17,19-21H2,1H3/t27-/m0/s1. The van der Waals surface area contributed by atoms with Gasteiger partial charge in [-0.15, -0.1) is 0 Å². The van der Waals surface area contributed by atoms with Gasteiger partial charge in [-0.3, -0.25) is 9.59 Å². The van der Waals surface area contributed by atoms with Gasteiger partial charge in [0.15, 0.2) is 0 Å². The lowest BCUT2D eigenvalue weighted by molar-refractivity contribution is -0.134. The Balaban J connectivity index is 1.45. The van der Waals surface area contributed by atoms with Crippen LogP contribution in [0.5, 0.6) is 0 Å². The number of carbonyl (C=O) groups excluding carboxylic acids is 2. The van der Waals surface area contributed by atoms with E-state index in [-0.39, 0.29) is 17.9 Å². The lowest BCUT2D eigenvalue weighted by Crippen LogP contribution is -2.45. The van der Waals surface area contributed by atoms with Gasteiger partial charge >= 0.3 is 0 Å². The molecule has 0 N–H and O–H groups in total. The van der Waals surface area contributed by atoms with Gasteiger partial charge in [-0.25, -0.2) is 0 Å². The summed E-state index contributed by atoms with van der Waals surface area (Å²) in [6.45, 7) is 4.24. The van der Waals surface area contributed by atoms with Crippen molar-refractivity contribution in [3.63, 3.8) is 0 Å². The van der Waals surface area contributed by atoms with Gasteiger partial charge < -0.3 is 14.5 Å². The minimum atomic E-state index is -0.119. The first kappa shape index (κ1) is 25.0. The van der Waals surface area contributed by atoms with Gasteiger partial charge in [0.25, 0.3) is 5.91 Å². The molecule has 0 aromatic heterocycles. The molecule has 1 aliphatic rings. The van der Waals surface area contributed by atoms with E-state index in [1.54, 1.807) is 4.90 Å². The molecule has 2 amide bonds. The molecule has 0 spiro atoms. The fourth-order valence-corrected chi connectivity index (χ4v) is 4.55. The van der Waals surface area contributed by atoms with E-state index in [1.165, 1.54) is 0 Å². The topological polar surface area (TPSA) is 49.9 Å². The summed E-state index contributed by atoms with van der Waals surface area (Å²) >= 11 is 5.99. The molecule has 6 heteroatoms. The van der Waals surface area contributed by atoms with Crippen LogP contribution in [0.1, 0.15) is 33.5 Å². The molecule has 1 saturated heterocycles. The molecule has 1 atom stereocenters. The number of benzene rings is 3. The van der Waals surface area contributed by atoms with Crippen molar-refractivity contribution in [2.75, 3.05) is 26.2 Å². The summed E-state index contributed by atoms with van der Waals surface area (Å²) in [5.74, 6) is 0.0301. The Kier molecular flexibility index (Phi) is 8.56. The van der Waals surface area contributed by atoms with E-state index in [0.29, 0.717) is 56.3 Å². The minimum Gasteiger partial charge on any atom is -0.375 e. The van der Waals surface area contributed by atoms with Gasteiger partial charge in [0.2, 0.25) is 5.91 Å². The Labute approximate surface area is 212 Å². The highest BCUT2D eigenvalue weighted by atomic mass is 35.5. The molecular formula is C29H31ClN2O3. The first-order chi connectivity index (χ1) is 17.0. The number of amides is 2. The molecule has 182 valence electrons. The van der Waals surface area contributed by atoms with Crippen LogP contribution < -0.4 is 0 Å². The zero-order valence-electron chi connectivity index (χ0n) is 20.0. The Morgan fingerprint density at radius 2 is 1.71 bits per heavy atom. The molecule has 1 aliphatic heterocycles. The number of hydrogen-bond donors (Lipinski definition) is 0. The van der Waals surface area contributed by atoms with Crippen LogP contribution in [0.2, 0.25) is 5.02 Å². The molecule has 35 heavy (non-hydrogen) atoms. The van der Waals surface area contributed by atoms with Crippen LogP contribution in [-0.4, -0.2) is 53.9 Å². The molecule has 1 fully saturated rings. The molecule has 0 radical (unpaired) electrons. The fourth-order valence-electron chi connectivity index (χ4n) is 4.43. The van der Waals surface area contributed by atoms with Gasteiger partial charge in [-0.1, -0.05) is 71.8 Å². The van der Waals surface area contributed by atoms with Crippen LogP contribution in [0.25, 0.3) is 0 Å². The van der Waals surface area contributed by atoms with E-state index in [9.17, 15) is 9.59 Å². The van der Waals surface area contributed by atoms with Gasteiger partial charge in [0, 0.05) is 36.6 Å². The normalized spacial score (nSPS) is 15.1. The molecule has 3 aromatic carbocycles. The smallest absolute Gasteiger partial charge is 0.253 e. The van der Waals surface area contributed by atoms with Crippen molar-refractivity contribution in [1.29, 1.82) is 0 Å². The zero-order valence-corrected chi connectivity index (χ0v) is 20.8. The van der Waals surface area contributed by atoms with Gasteiger partial charge in [0.1, 0.15) is 0 Å². The Morgan fingerprint density at radius 3 is 2.46 bits per heavy atom. The molecule has 0 saturated carbocycles. The monoisotopic (exact) mass is 490 g/mol. The summed E-state index contributed by atoms with van der Waals surface area (Å²) in [4.78, 5) is 30.0. The average molecular weight is 491 g/mol. The lowest BCUT2D eigenvalue weighted by atomic mass is 10.0. The number of ether oxygens (including phenoxy) is 1. The van der Waals surface area contributed by atoms with Crippen LogP contribution in [0.3, 0.4) is 0 Å². The van der Waals surface area contributed by atoms with E-state index in [4.69, 9.17) is 16.3 Å². The van der Waals surface area contributed by atoms with Crippen molar-refractivity contribution in [1.82, 2.24) is 9.80 Å². The summed E-state index contributed by atoms with van der Waals surface area (Å²) < 4.78 is 6.08. The van der Waals surface area contributed by atoms with Crippen molar-refractivity contribution in [2.24, 2.45) is 0 Å². The maximum Gasteiger partial charge on any atom is 0.253 e. The van der Waals surface area contributed by atoms with Crippen LogP contribution >= 0.6 is 11.6 Å². The summed E-state index contributed by atoms with van der Waals surface area (Å²) in [6, 6.07) is 25.2. The second kappa shape index (κ2) is 12.0. The van der Waals surface area contributed by atoms with Crippen molar-refractivity contribution in [3.8, 4) is 0 Å². The number of hydrogen-bond acceptors (Lipinski definition) is 3. The minimum absolute atomic E-state index is 0.0260. The third-order valence-electron chi connectivity index (χ3n) is 6.33. The van der Waals surface area contributed by atoms with E-state index in [1.807, 2.05) is 78.6 Å². The van der Waals surface area contributed by atoms with E-state index in [0.717, 1.165) is 16.7 Å². The third kappa shape index (κ3) is 6.93. The molecule has 0 unspecified atom stereocenters. The number of halogens is 1. The van der Waals surface area contributed by atoms with Crippen LogP contribution in [0.15, 0.2) is 78.9 Å². The van der Waals surface area contributed by atoms with Crippen LogP contribution in [0, 0.1) is 6.92 Å². The first-order valence-corrected chi connectivity index (χ1v) is 12.4. The second-order valence-electron chi connectivity index (χ2n) is 8.98. The first-order valence-electron chi connectivity index (χ1n) is 12.0. The Morgan fingerprint density at radius 1 is 0.943 bits per heavy atom. The van der Waals surface area contributed by atoms with Gasteiger partial charge in [-0.2, -0.15) is 0 Å². The van der Waals surface area contributed by atoms with Crippen LogP contribution in [0.4, 0.5) is 0 Å². The second-order valence-corrected chi connectivity index (χ2v) is 9.42. The van der Waals surface area contributed by atoms with Crippen molar-refractivity contribution in [3.05, 3.63) is 106 Å². The third-order valence-corrected chi connectivity index (χ3v) is 6.58. The predicted molar refractivity (Wildman–Crippen MR) is 138 cm³/mol. The van der Waals surface area contributed by atoms with E-state index in [2.05, 4.69) is 12.1 Å². The summed E-state index contributed by atoms with van der Waals surface area (Å²) in [5, 5.41) is 0.690. The highest BCUT2D eigenvalue weighted by Gasteiger charge is 2.29. The highest BCUT2D eigenvalue weighted by Crippen LogP contribution is 2.17. The lowest BCUT2D eigenvalue weighted by Gasteiger charge is -2.31. The molecule has 5 nitrogen and oxygen atoms in total. The number of carbonyl (C=O) groups is 2. The summed E-state index contributed by atoms with van der Waals surface area (Å²) in [6.07, 6.45) is 0.999. The summed E-state index contributed by atoms with van der Waals surface area (Å²) in [5.41, 5.74) is 3.89. The quantitative estimate of drug-likeness (QED) is 0.438. The van der Waals surface area contributed by atoms with Crippen molar-refractivity contribution >= 4 is 23.4 Å². The Hall–Kier alpha value is -3.15. The SMILES string of the molecule is Cc1cccc(C(=O)N2CCC(=O)N([C@H](COCc3ccc(Cl)cc3)Cc3ccccc3)CC2)c1. The van der Waals surface area contributed by atoms with Crippen molar-refractivity contribution in [2.45, 2.75) is 32.4 Å². The average Bonchev–Trinajstić information content (AvgIpc) is 3.06. The number of rotatable bonds is 8. The Bertz CT molecular complexity index is 1130. The van der Waals surface area contributed by atoms with Crippen LogP contribution in [-0.2, 0) is 22.6 Å². The highest BCUT2D eigenvalue weighted by molar-refractivity contribution is 6.30.